The van der Waals surface area contributed by atoms with Crippen LogP contribution in [0.4, 0.5) is 0 Å². The van der Waals surface area contributed by atoms with Gasteiger partial charge in [0.1, 0.15) is 11.5 Å². The quantitative estimate of drug-likeness (QED) is 0.456. The predicted molar refractivity (Wildman–Crippen MR) is 112 cm³/mol. The fraction of sp³-hybridized carbons (Fsp3) is 0.0870. The van der Waals surface area contributed by atoms with E-state index >= 15 is 0 Å². The van der Waals surface area contributed by atoms with Gasteiger partial charge in [-0.25, -0.2) is 0 Å². The van der Waals surface area contributed by atoms with Crippen LogP contribution >= 0.6 is 7.14 Å². The minimum Gasteiger partial charge on any atom is -0.496 e. The van der Waals surface area contributed by atoms with Crippen molar-refractivity contribution in [2.45, 2.75) is 0 Å². The third-order valence-corrected chi connectivity index (χ3v) is 7.52. The monoisotopic (exact) mass is 376 g/mol. The van der Waals surface area contributed by atoms with E-state index in [4.69, 9.17) is 9.47 Å². The van der Waals surface area contributed by atoms with Crippen LogP contribution in [0, 0.1) is 0 Å². The van der Waals surface area contributed by atoms with Crippen molar-refractivity contribution in [3.05, 3.63) is 96.7 Å². The summed E-state index contributed by atoms with van der Waals surface area (Å²) in [6.45, 7) is 3.85. The first kappa shape index (κ1) is 18.8. The van der Waals surface area contributed by atoms with Crippen molar-refractivity contribution in [3.8, 4) is 11.5 Å². The average molecular weight is 376 g/mol. The third-order valence-electron chi connectivity index (χ3n) is 4.38. The first-order valence-corrected chi connectivity index (χ1v) is 10.2. The molecule has 0 radical (unpaired) electrons. The second kappa shape index (κ2) is 8.14. The van der Waals surface area contributed by atoms with Gasteiger partial charge in [0.05, 0.1) is 30.1 Å². The van der Waals surface area contributed by atoms with Gasteiger partial charge in [0.15, 0.2) is 7.14 Å². The number of para-hydroxylation sites is 2. The number of hydrogen-bond acceptors (Lipinski definition) is 3. The predicted octanol–water partition coefficient (Wildman–Crippen LogP) is 4.84. The van der Waals surface area contributed by atoms with E-state index in [1.165, 1.54) is 0 Å². The van der Waals surface area contributed by atoms with Crippen molar-refractivity contribution < 1.29 is 14.0 Å². The van der Waals surface area contributed by atoms with Crippen LogP contribution in [0.25, 0.3) is 5.31 Å². The highest BCUT2D eigenvalue weighted by atomic mass is 31.2. The van der Waals surface area contributed by atoms with E-state index in [1.54, 1.807) is 14.2 Å². The van der Waals surface area contributed by atoms with Gasteiger partial charge < -0.3 is 14.0 Å². The molecule has 0 aliphatic rings. The molecule has 0 aromatic heterocycles. The van der Waals surface area contributed by atoms with Gasteiger partial charge in [-0.05, 0) is 29.8 Å². The van der Waals surface area contributed by atoms with Crippen molar-refractivity contribution >= 4 is 23.1 Å². The summed E-state index contributed by atoms with van der Waals surface area (Å²) in [5.41, 5.74) is 3.75. The highest BCUT2D eigenvalue weighted by molar-refractivity contribution is 7.88. The Morgan fingerprint density at radius 2 is 1.22 bits per heavy atom. The van der Waals surface area contributed by atoms with Gasteiger partial charge in [0.25, 0.3) is 0 Å². The molecule has 0 unspecified atom stereocenters. The molecule has 3 aromatic carbocycles. The summed E-state index contributed by atoms with van der Waals surface area (Å²) in [5, 5.41) is 1.70. The Balaban J connectivity index is 2.41. The number of methoxy groups -OCH3 is 2. The van der Waals surface area contributed by atoms with Crippen molar-refractivity contribution in [3.63, 3.8) is 0 Å². The summed E-state index contributed by atoms with van der Waals surface area (Å²) >= 11 is 0. The molecule has 0 N–H and O–H groups in total. The van der Waals surface area contributed by atoms with Gasteiger partial charge in [-0.3, -0.25) is 0 Å². The first-order chi connectivity index (χ1) is 13.2. The average Bonchev–Trinajstić information content (AvgIpc) is 2.74. The summed E-state index contributed by atoms with van der Waals surface area (Å²) < 4.78 is 25.9. The maximum atomic E-state index is 14.8. The largest absolute Gasteiger partial charge is 0.496 e. The lowest BCUT2D eigenvalue weighted by Crippen LogP contribution is -2.20. The molecule has 3 rings (SSSR count). The fourth-order valence-corrected chi connectivity index (χ4v) is 6.16. The van der Waals surface area contributed by atoms with Crippen LogP contribution in [0.5, 0.6) is 11.5 Å². The smallest absolute Gasteiger partial charge is 0.186 e. The van der Waals surface area contributed by atoms with Crippen LogP contribution in [0.1, 0.15) is 5.56 Å². The van der Waals surface area contributed by atoms with Crippen molar-refractivity contribution in [2.75, 3.05) is 14.2 Å². The SMILES string of the molecule is C=C=C(c1ccccc1)P(=O)(c1ccccc1OC)c1ccccc1OC. The molecule has 0 atom stereocenters. The second-order valence-corrected chi connectivity index (χ2v) is 8.47. The van der Waals surface area contributed by atoms with E-state index in [0.717, 1.165) is 5.56 Å². The van der Waals surface area contributed by atoms with Gasteiger partial charge in [-0.15, -0.1) is 5.73 Å². The van der Waals surface area contributed by atoms with Crippen molar-refractivity contribution in [1.82, 2.24) is 0 Å². The Bertz CT molecular complexity index is 983. The summed E-state index contributed by atoms with van der Waals surface area (Å²) in [4.78, 5) is 0. The summed E-state index contributed by atoms with van der Waals surface area (Å²) in [5.74, 6) is 1.10. The second-order valence-electron chi connectivity index (χ2n) is 5.84. The Kier molecular flexibility index (Phi) is 5.66. The van der Waals surface area contributed by atoms with E-state index in [0.29, 0.717) is 27.4 Å². The molecule has 3 nitrogen and oxygen atoms in total. The molecule has 136 valence electrons. The maximum absolute atomic E-state index is 14.8. The normalized spacial score (nSPS) is 10.7. The zero-order valence-corrected chi connectivity index (χ0v) is 16.3. The molecule has 0 amide bonds. The molecular weight excluding hydrogens is 355 g/mol. The van der Waals surface area contributed by atoms with Crippen molar-refractivity contribution in [1.29, 1.82) is 0 Å². The minimum absolute atomic E-state index is 0.525. The minimum atomic E-state index is -3.37. The topological polar surface area (TPSA) is 35.5 Å². The van der Waals surface area contributed by atoms with Crippen LogP contribution in [0.15, 0.2) is 91.2 Å². The van der Waals surface area contributed by atoms with Gasteiger partial charge >= 0.3 is 0 Å². The molecule has 4 heteroatoms. The number of ether oxygens (including phenoxy) is 2. The standard InChI is InChI=1S/C23H21O3P/c1-4-21(18-12-6-5-7-13-18)27(24,22-16-10-8-14-19(22)25-2)23-17-11-9-15-20(23)26-3/h5-17H,1H2,2-3H3. The number of benzene rings is 3. The van der Waals surface area contributed by atoms with Crippen LogP contribution in [0.2, 0.25) is 0 Å². The Morgan fingerprint density at radius 3 is 1.67 bits per heavy atom. The molecular formula is C23H21O3P. The van der Waals surface area contributed by atoms with E-state index in [-0.39, 0.29) is 0 Å². The zero-order chi connectivity index (χ0) is 19.3. The van der Waals surface area contributed by atoms with Crippen molar-refractivity contribution in [2.24, 2.45) is 0 Å². The van der Waals surface area contributed by atoms with Gasteiger partial charge in [0, 0.05) is 0 Å². The van der Waals surface area contributed by atoms with Crippen LogP contribution in [-0.4, -0.2) is 14.2 Å². The van der Waals surface area contributed by atoms with Crippen LogP contribution in [-0.2, 0) is 4.57 Å². The number of hydrogen-bond donors (Lipinski definition) is 0. The molecule has 27 heavy (non-hydrogen) atoms. The molecule has 0 spiro atoms. The van der Waals surface area contributed by atoms with Gasteiger partial charge in [-0.1, -0.05) is 61.2 Å². The molecule has 0 saturated carbocycles. The summed E-state index contributed by atoms with van der Waals surface area (Å²) in [7, 11) is -0.222. The highest BCUT2D eigenvalue weighted by Crippen LogP contribution is 2.59. The van der Waals surface area contributed by atoms with E-state index in [1.807, 2.05) is 78.9 Å². The van der Waals surface area contributed by atoms with Crippen LogP contribution in [0.3, 0.4) is 0 Å². The van der Waals surface area contributed by atoms with E-state index in [9.17, 15) is 4.57 Å². The Hall–Kier alpha value is -2.99. The Labute approximate surface area is 160 Å². The molecule has 0 heterocycles. The van der Waals surface area contributed by atoms with E-state index < -0.39 is 7.14 Å². The number of rotatable bonds is 6. The first-order valence-electron chi connectivity index (χ1n) is 8.50. The molecule has 0 bridgehead atoms. The van der Waals surface area contributed by atoms with Crippen LogP contribution < -0.4 is 20.1 Å². The zero-order valence-electron chi connectivity index (χ0n) is 15.4. The molecule has 3 aromatic rings. The lowest BCUT2D eigenvalue weighted by Gasteiger charge is -2.24. The molecule has 0 fully saturated rings. The lowest BCUT2D eigenvalue weighted by atomic mass is 10.2. The fourth-order valence-electron chi connectivity index (χ4n) is 3.14. The van der Waals surface area contributed by atoms with Gasteiger partial charge in [-0.2, -0.15) is 0 Å². The molecule has 0 aliphatic heterocycles. The van der Waals surface area contributed by atoms with Gasteiger partial charge in [0.2, 0.25) is 0 Å². The molecule has 0 saturated heterocycles. The summed E-state index contributed by atoms with van der Waals surface area (Å²) in [6, 6.07) is 24.2. The van der Waals surface area contributed by atoms with E-state index in [2.05, 4.69) is 12.3 Å². The third kappa shape index (κ3) is 3.36. The Morgan fingerprint density at radius 1 is 0.778 bits per heavy atom. The maximum Gasteiger partial charge on any atom is 0.186 e. The highest BCUT2D eigenvalue weighted by Gasteiger charge is 2.37. The lowest BCUT2D eigenvalue weighted by molar-refractivity contribution is 0.416. The summed E-state index contributed by atoms with van der Waals surface area (Å²) in [6.07, 6.45) is 0. The molecule has 0 aliphatic carbocycles.